The van der Waals surface area contributed by atoms with E-state index in [1.54, 1.807) is 0 Å². The van der Waals surface area contributed by atoms with Crippen molar-refractivity contribution < 1.29 is 4.79 Å². The molecule has 0 fully saturated rings. The van der Waals surface area contributed by atoms with Gasteiger partial charge in [-0.25, -0.2) is 0 Å². The number of amides is 1. The Labute approximate surface area is 130 Å². The molecule has 0 N–H and O–H groups in total. The number of benzene rings is 1. The number of carbonyl (C=O) groups excluding carboxylic acids is 1. The van der Waals surface area contributed by atoms with Gasteiger partial charge in [-0.05, 0) is 55.3 Å². The standard InChI is InChI=1S/C18H21NOS/c1-4-16-14-8-10-21-17(14)7-9-19(16)18(20)15-11-12(2)5-6-13(15)3/h5-6,8,10-11,16H,4,7,9H2,1-3H3. The van der Waals surface area contributed by atoms with Crippen LogP contribution in [0.5, 0.6) is 0 Å². The van der Waals surface area contributed by atoms with Crippen molar-refractivity contribution in [2.75, 3.05) is 6.54 Å². The Morgan fingerprint density at radius 2 is 2.14 bits per heavy atom. The van der Waals surface area contributed by atoms with Gasteiger partial charge in [0.2, 0.25) is 0 Å². The van der Waals surface area contributed by atoms with Gasteiger partial charge >= 0.3 is 0 Å². The molecule has 1 aliphatic rings. The molecule has 1 aromatic carbocycles. The van der Waals surface area contributed by atoms with Crippen LogP contribution in [0.25, 0.3) is 0 Å². The van der Waals surface area contributed by atoms with E-state index in [1.165, 1.54) is 10.4 Å². The van der Waals surface area contributed by atoms with Crippen molar-refractivity contribution in [1.82, 2.24) is 4.90 Å². The van der Waals surface area contributed by atoms with Gasteiger partial charge in [0, 0.05) is 17.0 Å². The van der Waals surface area contributed by atoms with E-state index in [9.17, 15) is 4.79 Å². The predicted octanol–water partition coefficient (Wildman–Crippen LogP) is 4.51. The van der Waals surface area contributed by atoms with E-state index >= 15 is 0 Å². The molecule has 3 rings (SSSR count). The van der Waals surface area contributed by atoms with Crippen LogP contribution >= 0.6 is 11.3 Å². The van der Waals surface area contributed by atoms with Crippen LogP contribution in [0.4, 0.5) is 0 Å². The molecule has 110 valence electrons. The largest absolute Gasteiger partial charge is 0.331 e. The molecular formula is C18H21NOS. The van der Waals surface area contributed by atoms with E-state index in [1.807, 2.05) is 37.3 Å². The second-order valence-electron chi connectivity index (χ2n) is 5.79. The summed E-state index contributed by atoms with van der Waals surface area (Å²) in [4.78, 5) is 16.5. The topological polar surface area (TPSA) is 20.3 Å². The van der Waals surface area contributed by atoms with E-state index in [0.29, 0.717) is 0 Å². The highest BCUT2D eigenvalue weighted by molar-refractivity contribution is 7.10. The molecule has 3 heteroatoms. The molecule has 0 radical (unpaired) electrons. The maximum absolute atomic E-state index is 13.0. The van der Waals surface area contributed by atoms with Crippen LogP contribution in [0.3, 0.4) is 0 Å². The molecule has 1 aromatic heterocycles. The molecule has 0 saturated heterocycles. The number of nitrogens with zero attached hydrogens (tertiary/aromatic N) is 1. The van der Waals surface area contributed by atoms with Crippen LogP contribution < -0.4 is 0 Å². The number of aryl methyl sites for hydroxylation is 2. The third-order valence-electron chi connectivity index (χ3n) is 4.37. The van der Waals surface area contributed by atoms with Gasteiger partial charge in [0.1, 0.15) is 0 Å². The first-order chi connectivity index (χ1) is 10.1. The zero-order valence-electron chi connectivity index (χ0n) is 12.8. The van der Waals surface area contributed by atoms with E-state index in [0.717, 1.165) is 36.1 Å². The number of thiophene rings is 1. The fourth-order valence-corrected chi connectivity index (χ4v) is 4.13. The molecule has 0 bridgehead atoms. The van der Waals surface area contributed by atoms with E-state index in [4.69, 9.17) is 0 Å². The lowest BCUT2D eigenvalue weighted by atomic mass is 9.95. The van der Waals surface area contributed by atoms with Crippen LogP contribution in [0.2, 0.25) is 0 Å². The molecule has 0 aliphatic carbocycles. The Kier molecular flexibility index (Phi) is 3.85. The summed E-state index contributed by atoms with van der Waals surface area (Å²) in [6, 6.07) is 8.55. The van der Waals surface area contributed by atoms with Crippen molar-refractivity contribution in [3.05, 3.63) is 56.8 Å². The highest BCUT2D eigenvalue weighted by atomic mass is 32.1. The Morgan fingerprint density at radius 3 is 2.90 bits per heavy atom. The maximum Gasteiger partial charge on any atom is 0.254 e. The Morgan fingerprint density at radius 1 is 1.33 bits per heavy atom. The summed E-state index contributed by atoms with van der Waals surface area (Å²) in [6.45, 7) is 7.06. The summed E-state index contributed by atoms with van der Waals surface area (Å²) in [5.74, 6) is 0.180. The summed E-state index contributed by atoms with van der Waals surface area (Å²) in [5, 5.41) is 2.15. The Balaban J connectivity index is 1.96. The minimum Gasteiger partial charge on any atom is -0.331 e. The fraction of sp³-hybridized carbons (Fsp3) is 0.389. The van der Waals surface area contributed by atoms with Gasteiger partial charge in [-0.2, -0.15) is 0 Å². The van der Waals surface area contributed by atoms with Crippen LogP contribution in [-0.4, -0.2) is 17.4 Å². The third kappa shape index (κ3) is 2.51. The first-order valence-corrected chi connectivity index (χ1v) is 8.44. The van der Waals surface area contributed by atoms with Crippen molar-refractivity contribution in [2.45, 2.75) is 39.7 Å². The summed E-state index contributed by atoms with van der Waals surface area (Å²) < 4.78 is 0. The van der Waals surface area contributed by atoms with Crippen LogP contribution in [-0.2, 0) is 6.42 Å². The quantitative estimate of drug-likeness (QED) is 0.798. The highest BCUT2D eigenvalue weighted by Gasteiger charge is 2.31. The normalized spacial score (nSPS) is 17.7. The first kappa shape index (κ1) is 14.3. The molecule has 2 aromatic rings. The zero-order chi connectivity index (χ0) is 15.0. The van der Waals surface area contributed by atoms with Gasteiger partial charge in [-0.15, -0.1) is 11.3 Å². The summed E-state index contributed by atoms with van der Waals surface area (Å²) in [5.41, 5.74) is 4.42. The Hall–Kier alpha value is -1.61. The van der Waals surface area contributed by atoms with Gasteiger partial charge in [0.15, 0.2) is 0 Å². The molecule has 1 atom stereocenters. The number of hydrogen-bond donors (Lipinski definition) is 0. The van der Waals surface area contributed by atoms with Crippen LogP contribution in [0.15, 0.2) is 29.6 Å². The molecule has 0 spiro atoms. The minimum atomic E-state index is 0.180. The molecule has 2 heterocycles. The van der Waals surface area contributed by atoms with Gasteiger partial charge in [0.25, 0.3) is 5.91 Å². The van der Waals surface area contributed by atoms with E-state index < -0.39 is 0 Å². The van der Waals surface area contributed by atoms with Crippen molar-refractivity contribution in [1.29, 1.82) is 0 Å². The molecule has 1 aliphatic heterocycles. The molecule has 1 unspecified atom stereocenters. The molecule has 0 saturated carbocycles. The van der Waals surface area contributed by atoms with Crippen molar-refractivity contribution in [3.63, 3.8) is 0 Å². The van der Waals surface area contributed by atoms with Crippen LogP contribution in [0, 0.1) is 13.8 Å². The van der Waals surface area contributed by atoms with Crippen molar-refractivity contribution in [3.8, 4) is 0 Å². The molecular weight excluding hydrogens is 278 g/mol. The number of carbonyl (C=O) groups is 1. The molecule has 2 nitrogen and oxygen atoms in total. The lowest BCUT2D eigenvalue weighted by Gasteiger charge is -2.36. The lowest BCUT2D eigenvalue weighted by Crippen LogP contribution is -2.39. The van der Waals surface area contributed by atoms with E-state index in [-0.39, 0.29) is 11.9 Å². The monoisotopic (exact) mass is 299 g/mol. The smallest absolute Gasteiger partial charge is 0.254 e. The lowest BCUT2D eigenvalue weighted by molar-refractivity contribution is 0.0656. The highest BCUT2D eigenvalue weighted by Crippen LogP contribution is 2.36. The Bertz CT molecular complexity index is 674. The fourth-order valence-electron chi connectivity index (χ4n) is 3.20. The van der Waals surface area contributed by atoms with Gasteiger partial charge in [-0.1, -0.05) is 24.6 Å². The van der Waals surface area contributed by atoms with Gasteiger partial charge in [-0.3, -0.25) is 4.79 Å². The third-order valence-corrected chi connectivity index (χ3v) is 5.36. The maximum atomic E-state index is 13.0. The van der Waals surface area contributed by atoms with Crippen molar-refractivity contribution >= 4 is 17.2 Å². The van der Waals surface area contributed by atoms with Crippen molar-refractivity contribution in [2.24, 2.45) is 0 Å². The van der Waals surface area contributed by atoms with Gasteiger partial charge < -0.3 is 4.90 Å². The number of rotatable bonds is 2. The summed E-state index contributed by atoms with van der Waals surface area (Å²) in [6.07, 6.45) is 1.96. The van der Waals surface area contributed by atoms with Gasteiger partial charge in [0.05, 0.1) is 6.04 Å². The predicted molar refractivity (Wildman–Crippen MR) is 88.0 cm³/mol. The minimum absolute atomic E-state index is 0.180. The number of hydrogen-bond acceptors (Lipinski definition) is 2. The van der Waals surface area contributed by atoms with E-state index in [2.05, 4.69) is 29.3 Å². The summed E-state index contributed by atoms with van der Waals surface area (Å²) in [7, 11) is 0. The summed E-state index contributed by atoms with van der Waals surface area (Å²) >= 11 is 1.82. The average Bonchev–Trinajstić information content (AvgIpc) is 2.96. The zero-order valence-corrected chi connectivity index (χ0v) is 13.7. The second kappa shape index (κ2) is 5.64. The number of fused-ring (bicyclic) bond motifs is 1. The molecule has 21 heavy (non-hydrogen) atoms. The molecule has 1 amide bonds. The van der Waals surface area contributed by atoms with Crippen LogP contribution in [0.1, 0.15) is 51.3 Å². The second-order valence-corrected chi connectivity index (χ2v) is 6.79. The first-order valence-electron chi connectivity index (χ1n) is 7.56. The average molecular weight is 299 g/mol. The SMILES string of the molecule is CCC1c2ccsc2CCN1C(=O)c1cc(C)ccc1C.